The Hall–Kier alpha value is -2.14. The molecule has 0 radical (unpaired) electrons. The second-order valence-electron chi connectivity index (χ2n) is 5.18. The van der Waals surface area contributed by atoms with E-state index in [1.165, 1.54) is 4.88 Å². The van der Waals surface area contributed by atoms with Crippen molar-refractivity contribution >= 4 is 28.1 Å². The summed E-state index contributed by atoms with van der Waals surface area (Å²) in [6.07, 6.45) is 5.69. The van der Waals surface area contributed by atoms with E-state index in [0.29, 0.717) is 13.1 Å². The van der Waals surface area contributed by atoms with Crippen LogP contribution in [-0.4, -0.2) is 22.0 Å². The lowest BCUT2D eigenvalue weighted by Crippen LogP contribution is -2.29. The number of aryl methyl sites for hydroxylation is 1. The van der Waals surface area contributed by atoms with Crippen LogP contribution in [0.25, 0.3) is 10.9 Å². The highest BCUT2D eigenvalue weighted by atomic mass is 32.1. The van der Waals surface area contributed by atoms with Crippen LogP contribution in [0.3, 0.4) is 0 Å². The van der Waals surface area contributed by atoms with Gasteiger partial charge in [-0.05, 0) is 23.9 Å². The van der Waals surface area contributed by atoms with Crippen molar-refractivity contribution in [1.82, 2.24) is 14.9 Å². The molecule has 1 aromatic carbocycles. The largest absolute Gasteiger partial charge is 0.354 e. The molecule has 3 aromatic rings. The molecule has 0 bridgehead atoms. The third-order valence-corrected chi connectivity index (χ3v) is 4.81. The summed E-state index contributed by atoms with van der Waals surface area (Å²) in [7, 11) is 0. The fourth-order valence-corrected chi connectivity index (χ4v) is 3.29. The second-order valence-corrected chi connectivity index (χ2v) is 6.38. The van der Waals surface area contributed by atoms with Crippen molar-refractivity contribution in [1.29, 1.82) is 0 Å². The van der Waals surface area contributed by atoms with Gasteiger partial charge in [0.1, 0.15) is 6.54 Å². The highest BCUT2D eigenvalue weighted by molar-refractivity contribution is 7.11. The fourth-order valence-electron chi connectivity index (χ4n) is 2.43. The molecule has 22 heavy (non-hydrogen) atoms. The Labute approximate surface area is 133 Å². The van der Waals surface area contributed by atoms with Crippen molar-refractivity contribution in [3.05, 3.63) is 52.6 Å². The maximum Gasteiger partial charge on any atom is 0.239 e. The van der Waals surface area contributed by atoms with Crippen molar-refractivity contribution < 1.29 is 4.79 Å². The van der Waals surface area contributed by atoms with E-state index in [1.54, 1.807) is 11.3 Å². The Morgan fingerprint density at radius 3 is 3.00 bits per heavy atom. The van der Waals surface area contributed by atoms with Crippen LogP contribution < -0.4 is 5.32 Å². The second kappa shape index (κ2) is 6.75. The summed E-state index contributed by atoms with van der Waals surface area (Å²) in [4.78, 5) is 17.7. The van der Waals surface area contributed by atoms with Gasteiger partial charge in [-0.25, -0.2) is 4.98 Å². The summed E-state index contributed by atoms with van der Waals surface area (Å²) in [5, 5.41) is 5.21. The first-order valence-electron chi connectivity index (χ1n) is 7.50. The first kappa shape index (κ1) is 14.8. The third-order valence-electron chi connectivity index (χ3n) is 3.61. The molecule has 5 heteroatoms. The molecule has 0 aliphatic carbocycles. The van der Waals surface area contributed by atoms with E-state index in [9.17, 15) is 4.79 Å². The lowest BCUT2D eigenvalue weighted by atomic mass is 10.2. The number of para-hydroxylation sites is 1. The highest BCUT2D eigenvalue weighted by Gasteiger charge is 2.06. The molecule has 0 unspecified atom stereocenters. The SMILES string of the molecule is CCc1cnc(CCNC(=O)Cn2ccc3ccccc32)s1. The molecule has 0 aliphatic rings. The monoisotopic (exact) mass is 313 g/mol. The molecule has 2 heterocycles. The zero-order valence-electron chi connectivity index (χ0n) is 12.6. The van der Waals surface area contributed by atoms with Crippen molar-refractivity contribution in [2.24, 2.45) is 0 Å². The van der Waals surface area contributed by atoms with Gasteiger partial charge in [-0.3, -0.25) is 4.79 Å². The van der Waals surface area contributed by atoms with Crippen LogP contribution in [0, 0.1) is 0 Å². The number of amides is 1. The van der Waals surface area contributed by atoms with Gasteiger partial charge >= 0.3 is 0 Å². The van der Waals surface area contributed by atoms with Crippen molar-refractivity contribution in [2.75, 3.05) is 6.54 Å². The number of fused-ring (bicyclic) bond motifs is 1. The van der Waals surface area contributed by atoms with Gasteiger partial charge in [-0.1, -0.05) is 25.1 Å². The average Bonchev–Trinajstić information content (AvgIpc) is 3.15. The Morgan fingerprint density at radius 2 is 2.18 bits per heavy atom. The molecule has 3 rings (SSSR count). The third kappa shape index (κ3) is 3.36. The molecule has 0 spiro atoms. The number of rotatable bonds is 6. The fraction of sp³-hybridized carbons (Fsp3) is 0.294. The molecule has 1 amide bonds. The van der Waals surface area contributed by atoms with Crippen molar-refractivity contribution in [3.8, 4) is 0 Å². The van der Waals surface area contributed by atoms with E-state index in [-0.39, 0.29) is 5.91 Å². The van der Waals surface area contributed by atoms with Crippen LogP contribution in [0.1, 0.15) is 16.8 Å². The van der Waals surface area contributed by atoms with E-state index >= 15 is 0 Å². The molecule has 2 aromatic heterocycles. The maximum atomic E-state index is 12.1. The van der Waals surface area contributed by atoms with Crippen molar-refractivity contribution in [3.63, 3.8) is 0 Å². The number of hydrogen-bond acceptors (Lipinski definition) is 3. The van der Waals surface area contributed by atoms with Gasteiger partial charge in [0, 0.05) is 35.8 Å². The predicted octanol–water partition coefficient (Wildman–Crippen LogP) is 3.02. The molecule has 0 saturated carbocycles. The van der Waals surface area contributed by atoms with Crippen LogP contribution >= 0.6 is 11.3 Å². The number of benzene rings is 1. The van der Waals surface area contributed by atoms with Crippen LogP contribution in [0.5, 0.6) is 0 Å². The van der Waals surface area contributed by atoms with Gasteiger partial charge in [0.15, 0.2) is 0 Å². The van der Waals surface area contributed by atoms with Crippen molar-refractivity contribution in [2.45, 2.75) is 26.3 Å². The van der Waals surface area contributed by atoms with E-state index in [1.807, 2.05) is 41.2 Å². The first-order chi connectivity index (χ1) is 10.8. The number of aromatic nitrogens is 2. The first-order valence-corrected chi connectivity index (χ1v) is 8.32. The minimum Gasteiger partial charge on any atom is -0.354 e. The van der Waals surface area contributed by atoms with E-state index in [4.69, 9.17) is 0 Å². The van der Waals surface area contributed by atoms with Gasteiger partial charge in [-0.15, -0.1) is 11.3 Å². The molecule has 1 N–H and O–H groups in total. The average molecular weight is 313 g/mol. The zero-order chi connectivity index (χ0) is 15.4. The number of hydrogen-bond donors (Lipinski definition) is 1. The Morgan fingerprint density at radius 1 is 1.32 bits per heavy atom. The minimum absolute atomic E-state index is 0.0358. The maximum absolute atomic E-state index is 12.1. The summed E-state index contributed by atoms with van der Waals surface area (Å²) in [6, 6.07) is 10.1. The molecule has 4 nitrogen and oxygen atoms in total. The van der Waals surface area contributed by atoms with E-state index < -0.39 is 0 Å². The number of thiazole rings is 1. The summed E-state index contributed by atoms with van der Waals surface area (Å²) in [6.45, 7) is 3.11. The van der Waals surface area contributed by atoms with E-state index in [0.717, 1.165) is 28.8 Å². The number of nitrogens with zero attached hydrogens (tertiary/aromatic N) is 2. The van der Waals surface area contributed by atoms with Crippen LogP contribution in [0.2, 0.25) is 0 Å². The van der Waals surface area contributed by atoms with Gasteiger partial charge in [0.05, 0.1) is 5.01 Å². The standard InChI is InChI=1S/C17H19N3OS/c1-2-14-11-19-17(22-14)7-9-18-16(21)12-20-10-8-13-5-3-4-6-15(13)20/h3-6,8,10-11H,2,7,9,12H2,1H3,(H,18,21). The smallest absolute Gasteiger partial charge is 0.239 e. The van der Waals surface area contributed by atoms with Gasteiger partial charge in [-0.2, -0.15) is 0 Å². The summed E-state index contributed by atoms with van der Waals surface area (Å²) in [5.74, 6) is 0.0358. The summed E-state index contributed by atoms with van der Waals surface area (Å²) in [5.41, 5.74) is 1.09. The lowest BCUT2D eigenvalue weighted by molar-refractivity contribution is -0.121. The van der Waals surface area contributed by atoms with E-state index in [2.05, 4.69) is 23.3 Å². The summed E-state index contributed by atoms with van der Waals surface area (Å²) < 4.78 is 1.98. The number of carbonyl (C=O) groups is 1. The van der Waals surface area contributed by atoms with Crippen LogP contribution in [0.15, 0.2) is 42.7 Å². The Kier molecular flexibility index (Phi) is 4.53. The molecular formula is C17H19N3OS. The predicted molar refractivity (Wildman–Crippen MR) is 90.1 cm³/mol. The van der Waals surface area contributed by atoms with Gasteiger partial charge in [0.25, 0.3) is 0 Å². The van der Waals surface area contributed by atoms with Crippen LogP contribution in [0.4, 0.5) is 0 Å². The summed E-state index contributed by atoms with van der Waals surface area (Å²) >= 11 is 1.72. The lowest BCUT2D eigenvalue weighted by Gasteiger charge is -2.06. The molecule has 0 atom stereocenters. The van der Waals surface area contributed by atoms with Gasteiger partial charge in [0.2, 0.25) is 5.91 Å². The van der Waals surface area contributed by atoms with Crippen LogP contribution in [-0.2, 0) is 24.2 Å². The molecule has 114 valence electrons. The number of carbonyl (C=O) groups excluding carboxylic acids is 1. The Bertz CT molecular complexity index is 775. The molecule has 0 fully saturated rings. The number of nitrogens with one attached hydrogen (secondary N) is 1. The topological polar surface area (TPSA) is 46.9 Å². The normalized spacial score (nSPS) is 11.0. The molecular weight excluding hydrogens is 294 g/mol. The van der Waals surface area contributed by atoms with Gasteiger partial charge < -0.3 is 9.88 Å². The minimum atomic E-state index is 0.0358. The zero-order valence-corrected chi connectivity index (χ0v) is 13.4. The molecule has 0 aliphatic heterocycles. The highest BCUT2D eigenvalue weighted by Crippen LogP contribution is 2.15. The quantitative estimate of drug-likeness (QED) is 0.760. The Balaban J connectivity index is 1.52. The molecule has 0 saturated heterocycles.